The topological polar surface area (TPSA) is 20.2 Å². The average molecular weight is 326 g/mol. The Bertz CT molecular complexity index is 904. The van der Waals surface area contributed by atoms with Crippen molar-refractivity contribution in [3.8, 4) is 5.75 Å². The Kier molecular flexibility index (Phi) is 4.15. The number of fused-ring (bicyclic) bond motifs is 1. The molecule has 0 unspecified atom stereocenters. The minimum atomic E-state index is 0.321. The van der Waals surface area contributed by atoms with Crippen LogP contribution < -0.4 is 0 Å². The van der Waals surface area contributed by atoms with Gasteiger partial charge in [-0.15, -0.1) is 0 Å². The van der Waals surface area contributed by atoms with Crippen LogP contribution in [-0.4, -0.2) is 5.11 Å². The van der Waals surface area contributed by atoms with Crippen molar-refractivity contribution >= 4 is 5.57 Å². The lowest BCUT2D eigenvalue weighted by Gasteiger charge is -2.28. The van der Waals surface area contributed by atoms with Crippen molar-refractivity contribution in [3.63, 3.8) is 0 Å². The van der Waals surface area contributed by atoms with E-state index in [1.165, 1.54) is 33.4 Å². The van der Waals surface area contributed by atoms with Gasteiger partial charge in [-0.3, -0.25) is 0 Å². The highest BCUT2D eigenvalue weighted by Crippen LogP contribution is 2.42. The van der Waals surface area contributed by atoms with Gasteiger partial charge in [-0.05, 0) is 52.8 Å². The van der Waals surface area contributed by atoms with Crippen LogP contribution in [0.3, 0.4) is 0 Å². The monoisotopic (exact) mass is 326 g/mol. The molecule has 0 saturated carbocycles. The van der Waals surface area contributed by atoms with E-state index in [1.807, 2.05) is 12.1 Å². The third kappa shape index (κ3) is 2.98. The zero-order chi connectivity index (χ0) is 17.2. The van der Waals surface area contributed by atoms with Crippen LogP contribution in [0.25, 0.3) is 5.57 Å². The summed E-state index contributed by atoms with van der Waals surface area (Å²) >= 11 is 0. The summed E-state index contributed by atoms with van der Waals surface area (Å²) in [5.41, 5.74) is 8.19. The largest absolute Gasteiger partial charge is 0.508 e. The summed E-state index contributed by atoms with van der Waals surface area (Å²) in [5, 5.41) is 9.60. The molecule has 1 aliphatic carbocycles. The first-order chi connectivity index (χ1) is 12.2. The van der Waals surface area contributed by atoms with Gasteiger partial charge in [0.2, 0.25) is 0 Å². The van der Waals surface area contributed by atoms with E-state index in [4.69, 9.17) is 0 Å². The summed E-state index contributed by atoms with van der Waals surface area (Å²) in [6.45, 7) is 2.28. The Morgan fingerprint density at radius 1 is 0.760 bits per heavy atom. The minimum Gasteiger partial charge on any atom is -0.508 e. The van der Waals surface area contributed by atoms with Crippen molar-refractivity contribution in [1.29, 1.82) is 0 Å². The van der Waals surface area contributed by atoms with Gasteiger partial charge in [0.25, 0.3) is 0 Å². The lowest BCUT2D eigenvalue weighted by atomic mass is 9.76. The molecule has 1 aliphatic rings. The predicted octanol–water partition coefficient (Wildman–Crippen LogP) is 5.94. The van der Waals surface area contributed by atoms with E-state index >= 15 is 0 Å². The highest BCUT2D eigenvalue weighted by atomic mass is 16.3. The van der Waals surface area contributed by atoms with Gasteiger partial charge < -0.3 is 5.11 Å². The van der Waals surface area contributed by atoms with Crippen LogP contribution in [0.15, 0.2) is 84.4 Å². The van der Waals surface area contributed by atoms with Crippen molar-refractivity contribution in [2.75, 3.05) is 0 Å². The van der Waals surface area contributed by atoms with E-state index in [2.05, 4.69) is 61.5 Å². The molecule has 4 rings (SSSR count). The minimum absolute atomic E-state index is 0.321. The van der Waals surface area contributed by atoms with Gasteiger partial charge in [-0.2, -0.15) is 0 Å². The summed E-state index contributed by atoms with van der Waals surface area (Å²) in [5.74, 6) is 0.645. The van der Waals surface area contributed by atoms with E-state index in [0.29, 0.717) is 11.7 Å². The van der Waals surface area contributed by atoms with Crippen LogP contribution in [0.1, 0.15) is 41.5 Å². The summed E-state index contributed by atoms with van der Waals surface area (Å²) in [4.78, 5) is 0. The third-order valence-electron chi connectivity index (χ3n) is 5.25. The number of hydrogen-bond donors (Lipinski definition) is 1. The number of phenolic OH excluding ortho intramolecular Hbond substituents is 1. The average Bonchev–Trinajstić information content (AvgIpc) is 2.68. The molecule has 0 aliphatic heterocycles. The first-order valence-electron chi connectivity index (χ1n) is 8.89. The Hall–Kier alpha value is -2.80. The van der Waals surface area contributed by atoms with Gasteiger partial charge >= 0.3 is 0 Å². The number of rotatable bonds is 3. The lowest BCUT2D eigenvalue weighted by molar-refractivity contribution is 0.475. The summed E-state index contributed by atoms with van der Waals surface area (Å²) in [6.07, 6.45) is 2.16. The first-order valence-corrected chi connectivity index (χ1v) is 8.89. The molecule has 3 aromatic carbocycles. The second kappa shape index (κ2) is 6.60. The number of hydrogen-bond acceptors (Lipinski definition) is 1. The standard InChI is InChI=1S/C24H22O/c1-17(18-11-14-21(25)15-12-18)22-16-13-19-7-5-6-10-23(19)24(22)20-8-3-2-4-9-20/h2-12,14-15,17,25H,13,16H2,1H3/t17-/m0/s1. The molecule has 0 radical (unpaired) electrons. The quantitative estimate of drug-likeness (QED) is 0.631. The summed E-state index contributed by atoms with van der Waals surface area (Å²) in [7, 11) is 0. The SMILES string of the molecule is C[C@H](C1=C(c2ccccc2)c2ccccc2CC1)c1ccc(O)cc1. The van der Waals surface area contributed by atoms with Crippen LogP contribution in [0.4, 0.5) is 0 Å². The number of aryl methyl sites for hydroxylation is 1. The van der Waals surface area contributed by atoms with Gasteiger partial charge in [0.05, 0.1) is 0 Å². The normalized spacial score (nSPS) is 14.9. The predicted molar refractivity (Wildman–Crippen MR) is 104 cm³/mol. The number of allylic oxidation sites excluding steroid dienone is 1. The highest BCUT2D eigenvalue weighted by Gasteiger charge is 2.24. The molecule has 0 fully saturated rings. The summed E-state index contributed by atoms with van der Waals surface area (Å²) < 4.78 is 0. The van der Waals surface area contributed by atoms with Gasteiger partial charge in [0.15, 0.2) is 0 Å². The van der Waals surface area contributed by atoms with Gasteiger partial charge in [-0.25, -0.2) is 0 Å². The molecule has 1 N–H and O–H groups in total. The first kappa shape index (κ1) is 15.7. The van der Waals surface area contributed by atoms with Crippen LogP contribution in [0, 0.1) is 0 Å². The third-order valence-corrected chi connectivity index (χ3v) is 5.25. The molecule has 1 nitrogen and oxygen atoms in total. The van der Waals surface area contributed by atoms with Gasteiger partial charge in [-0.1, -0.05) is 79.2 Å². The molecule has 3 aromatic rings. The van der Waals surface area contributed by atoms with Crippen LogP contribution in [-0.2, 0) is 6.42 Å². The number of benzene rings is 3. The second-order valence-electron chi connectivity index (χ2n) is 6.74. The Morgan fingerprint density at radius 2 is 1.44 bits per heavy atom. The van der Waals surface area contributed by atoms with Crippen LogP contribution >= 0.6 is 0 Å². The maximum atomic E-state index is 9.60. The fourth-order valence-electron chi connectivity index (χ4n) is 3.89. The molecule has 25 heavy (non-hydrogen) atoms. The zero-order valence-electron chi connectivity index (χ0n) is 14.4. The van der Waals surface area contributed by atoms with Gasteiger partial charge in [0, 0.05) is 5.92 Å². The number of phenols is 1. The van der Waals surface area contributed by atoms with Crippen molar-refractivity contribution in [2.24, 2.45) is 0 Å². The van der Waals surface area contributed by atoms with Crippen LogP contribution in [0.2, 0.25) is 0 Å². The summed E-state index contributed by atoms with van der Waals surface area (Å²) in [6, 6.07) is 27.1. The Morgan fingerprint density at radius 3 is 2.20 bits per heavy atom. The highest BCUT2D eigenvalue weighted by molar-refractivity contribution is 5.85. The molecule has 1 heteroatoms. The molecule has 124 valence electrons. The second-order valence-corrected chi connectivity index (χ2v) is 6.74. The molecule has 0 bridgehead atoms. The Balaban J connectivity index is 1.89. The maximum Gasteiger partial charge on any atom is 0.115 e. The Labute approximate surface area is 149 Å². The van der Waals surface area contributed by atoms with Crippen molar-refractivity contribution in [2.45, 2.75) is 25.7 Å². The molecule has 0 saturated heterocycles. The van der Waals surface area contributed by atoms with Crippen molar-refractivity contribution < 1.29 is 5.11 Å². The van der Waals surface area contributed by atoms with Crippen molar-refractivity contribution in [1.82, 2.24) is 0 Å². The van der Waals surface area contributed by atoms with E-state index in [0.717, 1.165) is 12.8 Å². The fraction of sp³-hybridized carbons (Fsp3) is 0.167. The van der Waals surface area contributed by atoms with E-state index < -0.39 is 0 Å². The maximum absolute atomic E-state index is 9.60. The molecule has 0 aromatic heterocycles. The molecule has 0 amide bonds. The van der Waals surface area contributed by atoms with E-state index in [1.54, 1.807) is 12.1 Å². The molecular formula is C24H22O. The molecule has 0 spiro atoms. The van der Waals surface area contributed by atoms with Gasteiger partial charge in [0.1, 0.15) is 5.75 Å². The molecule has 0 heterocycles. The molecule has 1 atom stereocenters. The van der Waals surface area contributed by atoms with Crippen LogP contribution in [0.5, 0.6) is 5.75 Å². The lowest BCUT2D eigenvalue weighted by Crippen LogP contribution is -2.11. The van der Waals surface area contributed by atoms with Crippen molar-refractivity contribution in [3.05, 3.63) is 107 Å². The fourth-order valence-corrected chi connectivity index (χ4v) is 3.89. The zero-order valence-corrected chi connectivity index (χ0v) is 14.4. The van der Waals surface area contributed by atoms with E-state index in [9.17, 15) is 5.11 Å². The molecular weight excluding hydrogens is 304 g/mol. The smallest absolute Gasteiger partial charge is 0.115 e. The number of aromatic hydroxyl groups is 1. The van der Waals surface area contributed by atoms with E-state index in [-0.39, 0.29) is 0 Å².